The van der Waals surface area contributed by atoms with Gasteiger partial charge >= 0.3 is 0 Å². The van der Waals surface area contributed by atoms with Crippen LogP contribution in [0.4, 0.5) is 0 Å². The van der Waals surface area contributed by atoms with Crippen LogP contribution in [0.5, 0.6) is 5.75 Å². The SMILES string of the molecule is NC(=O)c1cccc(O[C@H]2O[C@H](CO)[C@H](O)[C@H](O)[C@H]2O)c1. The van der Waals surface area contributed by atoms with E-state index < -0.39 is 43.2 Å². The van der Waals surface area contributed by atoms with E-state index in [0.29, 0.717) is 0 Å². The highest BCUT2D eigenvalue weighted by atomic mass is 16.7. The Balaban J connectivity index is 2.14. The Morgan fingerprint density at radius 2 is 1.95 bits per heavy atom. The number of nitrogens with two attached hydrogens (primary N) is 1. The molecule has 8 heteroatoms. The summed E-state index contributed by atoms with van der Waals surface area (Å²) < 4.78 is 10.5. The first-order chi connectivity index (χ1) is 9.93. The third-order valence-corrected chi connectivity index (χ3v) is 3.22. The lowest BCUT2D eigenvalue weighted by atomic mass is 9.99. The summed E-state index contributed by atoms with van der Waals surface area (Å²) in [6.07, 6.45) is -6.86. The van der Waals surface area contributed by atoms with Crippen molar-refractivity contribution in [3.05, 3.63) is 29.8 Å². The Morgan fingerprint density at radius 1 is 1.24 bits per heavy atom. The topological polar surface area (TPSA) is 142 Å². The molecule has 0 saturated carbocycles. The van der Waals surface area contributed by atoms with Crippen molar-refractivity contribution >= 4 is 5.91 Å². The molecule has 1 heterocycles. The number of benzene rings is 1. The first-order valence-electron chi connectivity index (χ1n) is 6.31. The van der Waals surface area contributed by atoms with Gasteiger partial charge in [-0.05, 0) is 18.2 Å². The van der Waals surface area contributed by atoms with Crippen LogP contribution in [0.25, 0.3) is 0 Å². The zero-order chi connectivity index (χ0) is 15.6. The molecule has 5 atom stereocenters. The zero-order valence-electron chi connectivity index (χ0n) is 11.0. The molecular weight excluding hydrogens is 282 g/mol. The highest BCUT2D eigenvalue weighted by Crippen LogP contribution is 2.24. The molecule has 2 rings (SSSR count). The summed E-state index contributed by atoms with van der Waals surface area (Å²) in [5.74, 6) is -0.454. The Bertz CT molecular complexity index is 507. The predicted molar refractivity (Wildman–Crippen MR) is 69.4 cm³/mol. The van der Waals surface area contributed by atoms with Gasteiger partial charge < -0.3 is 35.6 Å². The van der Waals surface area contributed by atoms with E-state index in [1.54, 1.807) is 0 Å². The highest BCUT2D eigenvalue weighted by molar-refractivity contribution is 5.93. The van der Waals surface area contributed by atoms with E-state index in [9.17, 15) is 20.1 Å². The average molecular weight is 299 g/mol. The van der Waals surface area contributed by atoms with Gasteiger partial charge in [0.1, 0.15) is 30.2 Å². The van der Waals surface area contributed by atoms with Crippen LogP contribution in [0.1, 0.15) is 10.4 Å². The van der Waals surface area contributed by atoms with Gasteiger partial charge in [0.2, 0.25) is 12.2 Å². The van der Waals surface area contributed by atoms with Crippen molar-refractivity contribution in [2.45, 2.75) is 30.7 Å². The van der Waals surface area contributed by atoms with E-state index >= 15 is 0 Å². The summed E-state index contributed by atoms with van der Waals surface area (Å²) in [5.41, 5.74) is 5.35. The number of hydrogen-bond donors (Lipinski definition) is 5. The summed E-state index contributed by atoms with van der Waals surface area (Å²) >= 11 is 0. The second-order valence-corrected chi connectivity index (χ2v) is 4.71. The minimum atomic E-state index is -1.53. The van der Waals surface area contributed by atoms with Gasteiger partial charge in [-0.15, -0.1) is 0 Å². The van der Waals surface area contributed by atoms with Crippen molar-refractivity contribution in [2.75, 3.05) is 6.61 Å². The summed E-state index contributed by atoms with van der Waals surface area (Å²) in [6.45, 7) is -0.549. The fourth-order valence-electron chi connectivity index (χ4n) is 2.02. The number of primary amides is 1. The molecule has 1 fully saturated rings. The van der Waals surface area contributed by atoms with E-state index in [1.165, 1.54) is 24.3 Å². The number of rotatable bonds is 4. The molecule has 0 aliphatic carbocycles. The van der Waals surface area contributed by atoms with Crippen LogP contribution in [0.3, 0.4) is 0 Å². The molecular formula is C13H17NO7. The van der Waals surface area contributed by atoms with Gasteiger partial charge in [0.15, 0.2) is 0 Å². The van der Waals surface area contributed by atoms with E-state index in [4.69, 9.17) is 20.3 Å². The number of aliphatic hydroxyl groups is 4. The summed E-state index contributed by atoms with van der Waals surface area (Å²) in [4.78, 5) is 11.1. The monoisotopic (exact) mass is 299 g/mol. The van der Waals surface area contributed by atoms with Crippen LogP contribution in [0, 0.1) is 0 Å². The predicted octanol–water partition coefficient (Wildman–Crippen LogP) is -2.04. The maximum Gasteiger partial charge on any atom is 0.248 e. The standard InChI is InChI=1S/C13H17NO7/c14-12(19)6-2-1-3-7(4-6)20-13-11(18)10(17)9(16)8(5-15)21-13/h1-4,8-11,13,15-18H,5H2,(H2,14,19)/t8-,9+,10+,11-,13+/m1/s1. The molecule has 21 heavy (non-hydrogen) atoms. The normalized spacial score (nSPS) is 32.7. The maximum atomic E-state index is 11.1. The first kappa shape index (κ1) is 15.7. The molecule has 0 spiro atoms. The maximum absolute atomic E-state index is 11.1. The van der Waals surface area contributed by atoms with Crippen molar-refractivity contribution in [3.63, 3.8) is 0 Å². The van der Waals surface area contributed by atoms with Crippen LogP contribution in [-0.2, 0) is 4.74 Å². The Hall–Kier alpha value is -1.71. The minimum Gasteiger partial charge on any atom is -0.462 e. The van der Waals surface area contributed by atoms with Gasteiger partial charge in [-0.3, -0.25) is 4.79 Å². The Labute approximate surface area is 120 Å². The van der Waals surface area contributed by atoms with Crippen LogP contribution in [-0.4, -0.2) is 63.6 Å². The number of ether oxygens (including phenoxy) is 2. The Kier molecular flexibility index (Phi) is 4.76. The lowest BCUT2D eigenvalue weighted by Gasteiger charge is -2.39. The molecule has 0 aromatic heterocycles. The number of carbonyl (C=O) groups is 1. The lowest BCUT2D eigenvalue weighted by Crippen LogP contribution is -2.60. The van der Waals surface area contributed by atoms with Crippen LogP contribution in [0.15, 0.2) is 24.3 Å². The molecule has 8 nitrogen and oxygen atoms in total. The van der Waals surface area contributed by atoms with Crippen molar-refractivity contribution in [3.8, 4) is 5.75 Å². The number of aliphatic hydroxyl groups excluding tert-OH is 4. The van der Waals surface area contributed by atoms with Crippen LogP contribution < -0.4 is 10.5 Å². The van der Waals surface area contributed by atoms with Gasteiger partial charge in [0, 0.05) is 5.56 Å². The molecule has 0 unspecified atom stereocenters. The molecule has 1 saturated heterocycles. The first-order valence-corrected chi connectivity index (χ1v) is 6.31. The molecule has 1 aliphatic heterocycles. The van der Waals surface area contributed by atoms with Crippen LogP contribution in [0.2, 0.25) is 0 Å². The molecule has 1 amide bonds. The molecule has 6 N–H and O–H groups in total. The smallest absolute Gasteiger partial charge is 0.248 e. The van der Waals surface area contributed by atoms with Gasteiger partial charge in [-0.2, -0.15) is 0 Å². The summed E-state index contributed by atoms with van der Waals surface area (Å²) in [5, 5.41) is 38.2. The molecule has 116 valence electrons. The van der Waals surface area contributed by atoms with Gasteiger partial charge in [0.25, 0.3) is 0 Å². The molecule has 1 aromatic carbocycles. The quantitative estimate of drug-likeness (QED) is 0.431. The van der Waals surface area contributed by atoms with Crippen molar-refractivity contribution < 1.29 is 34.7 Å². The number of carbonyl (C=O) groups excluding carboxylic acids is 1. The van der Waals surface area contributed by atoms with Gasteiger partial charge in [-0.25, -0.2) is 0 Å². The van der Waals surface area contributed by atoms with E-state index in [2.05, 4.69) is 0 Å². The molecule has 1 aromatic rings. The second kappa shape index (κ2) is 6.37. The fourth-order valence-corrected chi connectivity index (χ4v) is 2.02. The highest BCUT2D eigenvalue weighted by Gasteiger charge is 2.44. The van der Waals surface area contributed by atoms with Gasteiger partial charge in [-0.1, -0.05) is 6.07 Å². The fraction of sp³-hybridized carbons (Fsp3) is 0.462. The summed E-state index contributed by atoms with van der Waals surface area (Å²) in [7, 11) is 0. The number of hydrogen-bond acceptors (Lipinski definition) is 7. The third-order valence-electron chi connectivity index (χ3n) is 3.22. The van der Waals surface area contributed by atoms with Crippen molar-refractivity contribution in [2.24, 2.45) is 5.73 Å². The summed E-state index contributed by atoms with van der Waals surface area (Å²) in [6, 6.07) is 5.87. The van der Waals surface area contributed by atoms with E-state index in [1.807, 2.05) is 0 Å². The lowest BCUT2D eigenvalue weighted by molar-refractivity contribution is -0.277. The van der Waals surface area contributed by atoms with E-state index in [-0.39, 0.29) is 11.3 Å². The van der Waals surface area contributed by atoms with Crippen molar-refractivity contribution in [1.82, 2.24) is 0 Å². The minimum absolute atomic E-state index is 0.190. The molecule has 1 aliphatic rings. The molecule has 0 radical (unpaired) electrons. The average Bonchev–Trinajstić information content (AvgIpc) is 2.48. The zero-order valence-corrected chi connectivity index (χ0v) is 11.0. The van der Waals surface area contributed by atoms with E-state index in [0.717, 1.165) is 0 Å². The van der Waals surface area contributed by atoms with Gasteiger partial charge in [0.05, 0.1) is 6.61 Å². The third kappa shape index (κ3) is 3.31. The number of amides is 1. The van der Waals surface area contributed by atoms with Crippen LogP contribution >= 0.6 is 0 Å². The largest absolute Gasteiger partial charge is 0.462 e. The molecule has 0 bridgehead atoms. The Morgan fingerprint density at radius 3 is 2.57 bits per heavy atom. The second-order valence-electron chi connectivity index (χ2n) is 4.71. The van der Waals surface area contributed by atoms with Crippen molar-refractivity contribution in [1.29, 1.82) is 0 Å².